The standard InChI is InChI=1S/C24H30N4O2/c29-22(18-28-13-7-12-23(28)30)25-19-26-14-16-27(17-15-26)24(20-8-3-1-4-9-20)21-10-5-2-6-11-21/h1-6,8-11,24H,7,12-19H2,(H,25,29). The van der Waals surface area contributed by atoms with E-state index in [1.54, 1.807) is 4.90 Å². The van der Waals surface area contributed by atoms with Crippen LogP contribution in [0.5, 0.6) is 0 Å². The highest BCUT2D eigenvalue weighted by Gasteiger charge is 2.27. The molecule has 2 aliphatic heterocycles. The average molecular weight is 407 g/mol. The van der Waals surface area contributed by atoms with Crippen LogP contribution in [0.15, 0.2) is 60.7 Å². The number of carbonyl (C=O) groups excluding carboxylic acids is 2. The predicted molar refractivity (Wildman–Crippen MR) is 117 cm³/mol. The van der Waals surface area contributed by atoms with Crippen molar-refractivity contribution in [1.82, 2.24) is 20.0 Å². The third kappa shape index (κ3) is 5.07. The van der Waals surface area contributed by atoms with Crippen molar-refractivity contribution < 1.29 is 9.59 Å². The van der Waals surface area contributed by atoms with Gasteiger partial charge in [-0.1, -0.05) is 60.7 Å². The van der Waals surface area contributed by atoms with E-state index in [0.717, 1.165) is 32.6 Å². The van der Waals surface area contributed by atoms with Gasteiger partial charge in [0, 0.05) is 39.1 Å². The Hall–Kier alpha value is -2.70. The zero-order chi connectivity index (χ0) is 20.8. The minimum atomic E-state index is -0.0703. The quantitative estimate of drug-likeness (QED) is 0.765. The summed E-state index contributed by atoms with van der Waals surface area (Å²) in [4.78, 5) is 30.3. The van der Waals surface area contributed by atoms with E-state index >= 15 is 0 Å². The molecule has 0 spiro atoms. The molecule has 2 aromatic rings. The molecule has 2 saturated heterocycles. The summed E-state index contributed by atoms with van der Waals surface area (Å²) in [5, 5.41) is 2.98. The van der Waals surface area contributed by atoms with E-state index in [1.807, 2.05) is 0 Å². The van der Waals surface area contributed by atoms with E-state index in [0.29, 0.717) is 19.6 Å². The number of benzene rings is 2. The molecule has 0 aliphatic carbocycles. The first kappa shape index (κ1) is 20.6. The average Bonchev–Trinajstić information content (AvgIpc) is 3.19. The Morgan fingerprint density at radius 2 is 1.47 bits per heavy atom. The molecule has 1 N–H and O–H groups in total. The van der Waals surface area contributed by atoms with Crippen LogP contribution in [0.4, 0.5) is 0 Å². The molecule has 0 saturated carbocycles. The molecule has 2 fully saturated rings. The van der Waals surface area contributed by atoms with Gasteiger partial charge in [0.1, 0.15) is 0 Å². The molecular weight excluding hydrogens is 376 g/mol. The van der Waals surface area contributed by atoms with Gasteiger partial charge in [0.15, 0.2) is 0 Å². The Bertz CT molecular complexity index is 795. The largest absolute Gasteiger partial charge is 0.342 e. The van der Waals surface area contributed by atoms with Crippen LogP contribution in [0.2, 0.25) is 0 Å². The molecule has 2 amide bonds. The molecule has 2 aliphatic rings. The summed E-state index contributed by atoms with van der Waals surface area (Å²) in [6, 6.07) is 21.5. The molecule has 0 aromatic heterocycles. The van der Waals surface area contributed by atoms with Crippen LogP contribution in [-0.2, 0) is 9.59 Å². The first-order valence-electron chi connectivity index (χ1n) is 10.8. The molecule has 0 radical (unpaired) electrons. The van der Waals surface area contributed by atoms with Crippen LogP contribution < -0.4 is 5.32 Å². The monoisotopic (exact) mass is 406 g/mol. The SMILES string of the molecule is O=C(CN1CCCC1=O)NCN1CCN(C(c2ccccc2)c2ccccc2)CC1. The molecular formula is C24H30N4O2. The van der Waals surface area contributed by atoms with Crippen molar-refractivity contribution in [2.75, 3.05) is 45.9 Å². The van der Waals surface area contributed by atoms with E-state index in [4.69, 9.17) is 0 Å². The smallest absolute Gasteiger partial charge is 0.240 e. The summed E-state index contributed by atoms with van der Waals surface area (Å²) >= 11 is 0. The lowest BCUT2D eigenvalue weighted by atomic mass is 9.96. The molecule has 4 rings (SSSR count). The molecule has 2 aromatic carbocycles. The topological polar surface area (TPSA) is 55.9 Å². The molecule has 2 heterocycles. The second-order valence-corrected chi connectivity index (χ2v) is 8.05. The van der Waals surface area contributed by atoms with Crippen molar-refractivity contribution in [2.45, 2.75) is 18.9 Å². The lowest BCUT2D eigenvalue weighted by Crippen LogP contribution is -2.51. The second-order valence-electron chi connectivity index (χ2n) is 8.05. The van der Waals surface area contributed by atoms with E-state index in [1.165, 1.54) is 11.1 Å². The fraction of sp³-hybridized carbons (Fsp3) is 0.417. The van der Waals surface area contributed by atoms with Gasteiger partial charge in [-0.2, -0.15) is 0 Å². The van der Waals surface area contributed by atoms with Crippen LogP contribution in [0.3, 0.4) is 0 Å². The zero-order valence-corrected chi connectivity index (χ0v) is 17.4. The lowest BCUT2D eigenvalue weighted by molar-refractivity contribution is -0.133. The summed E-state index contributed by atoms with van der Waals surface area (Å²) in [7, 11) is 0. The molecule has 0 bridgehead atoms. The fourth-order valence-electron chi connectivity index (χ4n) is 4.36. The molecule has 158 valence electrons. The van der Waals surface area contributed by atoms with Crippen molar-refractivity contribution in [1.29, 1.82) is 0 Å². The maximum absolute atomic E-state index is 12.2. The summed E-state index contributed by atoms with van der Waals surface area (Å²) in [5.41, 5.74) is 2.61. The Morgan fingerprint density at radius 1 is 0.867 bits per heavy atom. The van der Waals surface area contributed by atoms with Crippen molar-refractivity contribution in [3.63, 3.8) is 0 Å². The minimum Gasteiger partial charge on any atom is -0.342 e. The summed E-state index contributed by atoms with van der Waals surface area (Å²) < 4.78 is 0. The molecule has 6 nitrogen and oxygen atoms in total. The maximum Gasteiger partial charge on any atom is 0.240 e. The molecule has 30 heavy (non-hydrogen) atoms. The number of hydrogen-bond donors (Lipinski definition) is 1. The van der Waals surface area contributed by atoms with Gasteiger partial charge in [0.2, 0.25) is 11.8 Å². The van der Waals surface area contributed by atoms with Crippen molar-refractivity contribution in [3.8, 4) is 0 Å². The lowest BCUT2D eigenvalue weighted by Gasteiger charge is -2.39. The highest BCUT2D eigenvalue weighted by molar-refractivity contribution is 5.85. The number of rotatable bonds is 7. The number of nitrogens with one attached hydrogen (secondary N) is 1. The van der Waals surface area contributed by atoms with Gasteiger partial charge in [-0.05, 0) is 17.5 Å². The third-order valence-electron chi connectivity index (χ3n) is 6.01. The normalized spacial score (nSPS) is 18.2. The fourth-order valence-corrected chi connectivity index (χ4v) is 4.36. The van der Waals surface area contributed by atoms with Gasteiger partial charge in [-0.3, -0.25) is 19.4 Å². The molecule has 0 unspecified atom stereocenters. The first-order chi connectivity index (χ1) is 14.7. The van der Waals surface area contributed by atoms with E-state index in [9.17, 15) is 9.59 Å². The van der Waals surface area contributed by atoms with Crippen molar-refractivity contribution in [3.05, 3.63) is 71.8 Å². The predicted octanol–water partition coefficient (Wildman–Crippen LogP) is 2.09. The van der Waals surface area contributed by atoms with Gasteiger partial charge in [-0.25, -0.2) is 0 Å². The van der Waals surface area contributed by atoms with Crippen molar-refractivity contribution >= 4 is 11.8 Å². The van der Waals surface area contributed by atoms with E-state index in [-0.39, 0.29) is 24.4 Å². The van der Waals surface area contributed by atoms with Crippen LogP contribution in [0, 0.1) is 0 Å². The number of nitrogens with zero attached hydrogens (tertiary/aromatic N) is 3. The Morgan fingerprint density at radius 3 is 2.00 bits per heavy atom. The van der Waals surface area contributed by atoms with E-state index in [2.05, 4.69) is 75.8 Å². The number of likely N-dealkylation sites (tertiary alicyclic amines) is 1. The van der Waals surface area contributed by atoms with E-state index < -0.39 is 0 Å². The Kier molecular flexibility index (Phi) is 6.77. The maximum atomic E-state index is 12.2. The third-order valence-corrected chi connectivity index (χ3v) is 6.01. The highest BCUT2D eigenvalue weighted by atomic mass is 16.2. The van der Waals surface area contributed by atoms with Gasteiger partial charge in [0.05, 0.1) is 19.3 Å². The number of hydrogen-bond acceptors (Lipinski definition) is 4. The number of amides is 2. The zero-order valence-electron chi connectivity index (χ0n) is 17.4. The van der Waals surface area contributed by atoms with Gasteiger partial charge >= 0.3 is 0 Å². The highest BCUT2D eigenvalue weighted by Crippen LogP contribution is 2.29. The number of piperazine rings is 1. The summed E-state index contributed by atoms with van der Waals surface area (Å²) in [5.74, 6) is 0.0192. The van der Waals surface area contributed by atoms with Gasteiger partial charge in [-0.15, -0.1) is 0 Å². The summed E-state index contributed by atoms with van der Waals surface area (Å²) in [6.45, 7) is 5.10. The van der Waals surface area contributed by atoms with Crippen LogP contribution in [-0.4, -0.2) is 72.5 Å². The molecule has 6 heteroatoms. The second kappa shape index (κ2) is 9.87. The summed E-state index contributed by atoms with van der Waals surface area (Å²) in [6.07, 6.45) is 1.43. The Labute approximate surface area is 178 Å². The van der Waals surface area contributed by atoms with Crippen LogP contribution >= 0.6 is 0 Å². The minimum absolute atomic E-state index is 0.0703. The molecule has 0 atom stereocenters. The van der Waals surface area contributed by atoms with Gasteiger partial charge in [0.25, 0.3) is 0 Å². The van der Waals surface area contributed by atoms with Crippen LogP contribution in [0.1, 0.15) is 30.0 Å². The number of carbonyl (C=O) groups is 2. The van der Waals surface area contributed by atoms with Crippen LogP contribution in [0.25, 0.3) is 0 Å². The first-order valence-corrected chi connectivity index (χ1v) is 10.8. The Balaban J connectivity index is 1.31. The van der Waals surface area contributed by atoms with Crippen molar-refractivity contribution in [2.24, 2.45) is 0 Å². The van der Waals surface area contributed by atoms with Gasteiger partial charge < -0.3 is 10.2 Å².